The van der Waals surface area contributed by atoms with Crippen LogP contribution in [0.25, 0.3) is 0 Å². The number of halogens is 1. The van der Waals surface area contributed by atoms with Gasteiger partial charge in [0, 0.05) is 13.1 Å². The minimum absolute atomic E-state index is 0. The maximum Gasteiger partial charge on any atom is 0.158 e. The standard InChI is InChI=1S/C7H13NO2S.ClH/c9-11(10)4-2-1-3-7(11)5-8-6-7;/h8H,1-6H2;1H. The SMILES string of the molecule is Cl.O=S1(=O)CCCCC12CNC2. The Morgan fingerprint density at radius 1 is 1.17 bits per heavy atom. The van der Waals surface area contributed by atoms with Crippen LogP contribution in [-0.2, 0) is 9.84 Å². The molecule has 0 bridgehead atoms. The lowest BCUT2D eigenvalue weighted by Crippen LogP contribution is -2.65. The summed E-state index contributed by atoms with van der Waals surface area (Å²) >= 11 is 0. The van der Waals surface area contributed by atoms with Crippen molar-refractivity contribution in [3.8, 4) is 0 Å². The van der Waals surface area contributed by atoms with E-state index in [1.165, 1.54) is 0 Å². The summed E-state index contributed by atoms with van der Waals surface area (Å²) in [6.45, 7) is 1.38. The zero-order valence-electron chi connectivity index (χ0n) is 6.88. The molecule has 72 valence electrons. The smallest absolute Gasteiger partial charge is 0.158 e. The molecule has 1 spiro atoms. The summed E-state index contributed by atoms with van der Waals surface area (Å²) < 4.78 is 22.7. The number of nitrogens with one attached hydrogen (secondary N) is 1. The van der Waals surface area contributed by atoms with E-state index < -0.39 is 9.84 Å². The molecular weight excluding hydrogens is 198 g/mol. The fraction of sp³-hybridized carbons (Fsp3) is 1.00. The van der Waals surface area contributed by atoms with E-state index >= 15 is 0 Å². The number of rotatable bonds is 0. The van der Waals surface area contributed by atoms with Crippen molar-refractivity contribution in [2.24, 2.45) is 0 Å². The lowest BCUT2D eigenvalue weighted by molar-refractivity contribution is 0.326. The summed E-state index contributed by atoms with van der Waals surface area (Å²) in [7, 11) is -2.75. The Morgan fingerprint density at radius 2 is 1.83 bits per heavy atom. The van der Waals surface area contributed by atoms with E-state index in [-0.39, 0.29) is 17.2 Å². The van der Waals surface area contributed by atoms with Crippen LogP contribution in [0.1, 0.15) is 19.3 Å². The van der Waals surface area contributed by atoms with Crippen molar-refractivity contribution >= 4 is 22.2 Å². The highest BCUT2D eigenvalue weighted by atomic mass is 35.5. The molecule has 0 amide bonds. The maximum atomic E-state index is 11.5. The van der Waals surface area contributed by atoms with Gasteiger partial charge in [0.1, 0.15) is 0 Å². The van der Waals surface area contributed by atoms with Gasteiger partial charge in [0.05, 0.1) is 10.5 Å². The van der Waals surface area contributed by atoms with Gasteiger partial charge < -0.3 is 5.32 Å². The monoisotopic (exact) mass is 211 g/mol. The molecule has 0 unspecified atom stereocenters. The van der Waals surface area contributed by atoms with Crippen LogP contribution >= 0.6 is 12.4 Å². The van der Waals surface area contributed by atoms with Crippen molar-refractivity contribution < 1.29 is 8.42 Å². The molecule has 0 saturated carbocycles. The summed E-state index contributed by atoms with van der Waals surface area (Å²) in [5.41, 5.74) is 0. The Labute approximate surface area is 79.2 Å². The van der Waals surface area contributed by atoms with Crippen molar-refractivity contribution in [2.45, 2.75) is 24.0 Å². The van der Waals surface area contributed by atoms with E-state index in [0.29, 0.717) is 18.8 Å². The van der Waals surface area contributed by atoms with Gasteiger partial charge >= 0.3 is 0 Å². The van der Waals surface area contributed by atoms with Crippen LogP contribution in [0.4, 0.5) is 0 Å². The molecule has 2 rings (SSSR count). The molecule has 2 heterocycles. The molecule has 2 saturated heterocycles. The van der Waals surface area contributed by atoms with Gasteiger partial charge in [-0.1, -0.05) is 6.42 Å². The van der Waals surface area contributed by atoms with Crippen LogP contribution < -0.4 is 5.32 Å². The topological polar surface area (TPSA) is 46.2 Å². The van der Waals surface area contributed by atoms with E-state index in [2.05, 4.69) is 5.32 Å². The van der Waals surface area contributed by atoms with Crippen molar-refractivity contribution in [1.29, 1.82) is 0 Å². The van der Waals surface area contributed by atoms with Crippen molar-refractivity contribution in [2.75, 3.05) is 18.8 Å². The van der Waals surface area contributed by atoms with Crippen molar-refractivity contribution in [3.63, 3.8) is 0 Å². The number of hydrogen-bond donors (Lipinski definition) is 1. The molecular formula is C7H14ClNO2S. The van der Waals surface area contributed by atoms with Crippen LogP contribution in [0.3, 0.4) is 0 Å². The normalized spacial score (nSPS) is 30.3. The van der Waals surface area contributed by atoms with E-state index in [4.69, 9.17) is 0 Å². The summed E-state index contributed by atoms with van der Waals surface area (Å²) in [6.07, 6.45) is 2.83. The molecule has 0 aromatic rings. The minimum atomic E-state index is -2.75. The largest absolute Gasteiger partial charge is 0.313 e. The average molecular weight is 212 g/mol. The second-order valence-corrected chi connectivity index (χ2v) is 6.07. The first kappa shape index (κ1) is 10.3. The molecule has 1 N–H and O–H groups in total. The Kier molecular flexibility index (Phi) is 2.71. The highest BCUT2D eigenvalue weighted by Crippen LogP contribution is 2.33. The fourth-order valence-electron chi connectivity index (χ4n) is 1.91. The quantitative estimate of drug-likeness (QED) is 0.629. The third-order valence-electron chi connectivity index (χ3n) is 2.85. The van der Waals surface area contributed by atoms with Crippen molar-refractivity contribution in [3.05, 3.63) is 0 Å². The Morgan fingerprint density at radius 3 is 2.17 bits per heavy atom. The molecule has 2 fully saturated rings. The van der Waals surface area contributed by atoms with E-state index in [1.54, 1.807) is 0 Å². The van der Waals surface area contributed by atoms with E-state index in [0.717, 1.165) is 19.3 Å². The summed E-state index contributed by atoms with van der Waals surface area (Å²) in [5, 5.41) is 3.05. The lowest BCUT2D eigenvalue weighted by Gasteiger charge is -2.44. The second kappa shape index (κ2) is 3.16. The molecule has 0 aromatic carbocycles. The molecule has 2 aliphatic heterocycles. The molecule has 3 nitrogen and oxygen atoms in total. The van der Waals surface area contributed by atoms with Gasteiger partial charge in [-0.25, -0.2) is 8.42 Å². The third kappa shape index (κ3) is 1.26. The highest BCUT2D eigenvalue weighted by Gasteiger charge is 2.49. The molecule has 5 heteroatoms. The summed E-state index contributed by atoms with van der Waals surface area (Å²) in [6, 6.07) is 0. The molecule has 0 aromatic heterocycles. The zero-order chi connectivity index (χ0) is 7.95. The minimum Gasteiger partial charge on any atom is -0.313 e. The average Bonchev–Trinajstić information content (AvgIpc) is 1.83. The van der Waals surface area contributed by atoms with Gasteiger partial charge in [-0.3, -0.25) is 0 Å². The predicted molar refractivity (Wildman–Crippen MR) is 50.5 cm³/mol. The van der Waals surface area contributed by atoms with Crippen LogP contribution in [0.2, 0.25) is 0 Å². The predicted octanol–water partition coefficient (Wildman–Crippen LogP) is 0.349. The summed E-state index contributed by atoms with van der Waals surface area (Å²) in [4.78, 5) is 0. The van der Waals surface area contributed by atoms with Crippen LogP contribution in [-0.4, -0.2) is 32.0 Å². The van der Waals surface area contributed by atoms with E-state index in [9.17, 15) is 8.42 Å². The van der Waals surface area contributed by atoms with Crippen LogP contribution in [0, 0.1) is 0 Å². The van der Waals surface area contributed by atoms with Gasteiger partial charge in [-0.2, -0.15) is 0 Å². The van der Waals surface area contributed by atoms with Gasteiger partial charge in [-0.05, 0) is 12.8 Å². The first-order chi connectivity index (χ1) is 5.16. The zero-order valence-corrected chi connectivity index (χ0v) is 8.51. The van der Waals surface area contributed by atoms with Gasteiger partial charge in [0.2, 0.25) is 0 Å². The van der Waals surface area contributed by atoms with Gasteiger partial charge in [-0.15, -0.1) is 12.4 Å². The summed E-state index contributed by atoms with van der Waals surface area (Å²) in [5.74, 6) is 0.411. The Balaban J connectivity index is 0.000000720. The Hall–Kier alpha value is 0.200. The molecule has 0 aliphatic carbocycles. The van der Waals surface area contributed by atoms with Gasteiger partial charge in [0.15, 0.2) is 9.84 Å². The van der Waals surface area contributed by atoms with Gasteiger partial charge in [0.25, 0.3) is 0 Å². The molecule has 2 aliphatic rings. The first-order valence-electron chi connectivity index (χ1n) is 4.09. The number of hydrogen-bond acceptors (Lipinski definition) is 3. The van der Waals surface area contributed by atoms with Crippen molar-refractivity contribution in [1.82, 2.24) is 5.32 Å². The molecule has 0 radical (unpaired) electrons. The number of sulfone groups is 1. The fourth-order valence-corrected chi connectivity index (χ4v) is 4.03. The lowest BCUT2D eigenvalue weighted by atomic mass is 9.95. The highest BCUT2D eigenvalue weighted by molar-refractivity contribution is 7.93. The second-order valence-electron chi connectivity index (χ2n) is 3.56. The van der Waals surface area contributed by atoms with E-state index in [1.807, 2.05) is 0 Å². The molecule has 12 heavy (non-hydrogen) atoms. The Bertz CT molecular complexity index is 259. The maximum absolute atomic E-state index is 11.5. The van der Waals surface area contributed by atoms with Crippen LogP contribution in [0.5, 0.6) is 0 Å². The molecule has 0 atom stereocenters. The third-order valence-corrected chi connectivity index (χ3v) is 5.49. The first-order valence-corrected chi connectivity index (χ1v) is 5.75. The van der Waals surface area contributed by atoms with Crippen LogP contribution in [0.15, 0.2) is 0 Å².